The summed E-state index contributed by atoms with van der Waals surface area (Å²) in [4.78, 5) is 0. The first-order valence-electron chi connectivity index (χ1n) is 6.19. The lowest BCUT2D eigenvalue weighted by Gasteiger charge is -2.23. The molecule has 1 aromatic carbocycles. The summed E-state index contributed by atoms with van der Waals surface area (Å²) in [6.45, 7) is 13.6. The predicted octanol–water partition coefficient (Wildman–Crippen LogP) is 3.93. The van der Waals surface area contributed by atoms with Crippen LogP contribution in [0.15, 0.2) is 0 Å². The molecule has 2 heteroatoms. The van der Waals surface area contributed by atoms with Gasteiger partial charge in [-0.05, 0) is 54.9 Å². The lowest BCUT2D eigenvalue weighted by Crippen LogP contribution is -2.12. The molecule has 0 aliphatic carbocycles. The number of ether oxygens (including phenoxy) is 2. The molecule has 0 N–H and O–H groups in total. The summed E-state index contributed by atoms with van der Waals surface area (Å²) in [6.07, 6.45) is 1.07. The molecule has 94 valence electrons. The Balaban J connectivity index is 2.57. The second-order valence-corrected chi connectivity index (χ2v) is 6.16. The van der Waals surface area contributed by atoms with E-state index in [-0.39, 0.29) is 5.41 Å². The van der Waals surface area contributed by atoms with Crippen molar-refractivity contribution in [3.05, 3.63) is 22.3 Å². The molecule has 1 aliphatic rings. The Bertz CT molecular complexity index is 453. The minimum atomic E-state index is 0.287. The smallest absolute Gasteiger partial charge is 0.231 e. The van der Waals surface area contributed by atoms with Crippen LogP contribution in [0.5, 0.6) is 11.5 Å². The molecule has 0 aromatic heterocycles. The molecular formula is C15H22O2. The van der Waals surface area contributed by atoms with Crippen molar-refractivity contribution in [2.24, 2.45) is 5.41 Å². The van der Waals surface area contributed by atoms with Crippen LogP contribution < -0.4 is 9.47 Å². The molecule has 0 spiro atoms. The highest BCUT2D eigenvalue weighted by Gasteiger charge is 2.25. The molecule has 0 fully saturated rings. The Kier molecular flexibility index (Phi) is 2.84. The van der Waals surface area contributed by atoms with Crippen LogP contribution >= 0.6 is 0 Å². The van der Waals surface area contributed by atoms with E-state index in [1.54, 1.807) is 0 Å². The van der Waals surface area contributed by atoms with Crippen molar-refractivity contribution < 1.29 is 9.47 Å². The Labute approximate surface area is 104 Å². The molecule has 0 radical (unpaired) electrons. The fraction of sp³-hybridized carbons (Fsp3) is 0.600. The van der Waals surface area contributed by atoms with Gasteiger partial charge in [0.2, 0.25) is 6.79 Å². The van der Waals surface area contributed by atoms with Gasteiger partial charge in [0.1, 0.15) is 0 Å². The number of rotatable bonds is 1. The van der Waals surface area contributed by atoms with E-state index in [1.807, 2.05) is 0 Å². The van der Waals surface area contributed by atoms with E-state index in [2.05, 4.69) is 41.5 Å². The van der Waals surface area contributed by atoms with E-state index in [1.165, 1.54) is 22.3 Å². The van der Waals surface area contributed by atoms with Crippen LogP contribution in [-0.2, 0) is 6.42 Å². The van der Waals surface area contributed by atoms with E-state index in [9.17, 15) is 0 Å². The first-order chi connectivity index (χ1) is 7.81. The van der Waals surface area contributed by atoms with Crippen molar-refractivity contribution in [3.8, 4) is 11.5 Å². The fourth-order valence-corrected chi connectivity index (χ4v) is 2.45. The van der Waals surface area contributed by atoms with Gasteiger partial charge in [-0.25, -0.2) is 0 Å². The van der Waals surface area contributed by atoms with Gasteiger partial charge in [0.05, 0.1) is 0 Å². The lowest BCUT2D eigenvalue weighted by molar-refractivity contribution is 0.173. The summed E-state index contributed by atoms with van der Waals surface area (Å²) in [5, 5.41) is 0. The number of hydrogen-bond donors (Lipinski definition) is 0. The van der Waals surface area contributed by atoms with Crippen LogP contribution in [0.3, 0.4) is 0 Å². The molecule has 1 aromatic rings. The molecule has 1 heterocycles. The average Bonchev–Trinajstić information content (AvgIpc) is 2.69. The molecule has 2 rings (SSSR count). The number of benzene rings is 1. The standard InChI is InChI=1S/C15H22O2/c1-9-10(2)13-14(17-8-16-13)11(3)12(9)7-15(4,5)6/h7-8H2,1-6H3. The fourth-order valence-electron chi connectivity index (χ4n) is 2.45. The molecule has 2 nitrogen and oxygen atoms in total. The second kappa shape index (κ2) is 3.94. The van der Waals surface area contributed by atoms with Crippen LogP contribution in [0.25, 0.3) is 0 Å². The maximum absolute atomic E-state index is 5.60. The van der Waals surface area contributed by atoms with E-state index in [4.69, 9.17) is 9.47 Å². The third-order valence-electron chi connectivity index (χ3n) is 3.47. The summed E-state index contributed by atoms with van der Waals surface area (Å²) in [7, 11) is 0. The first-order valence-corrected chi connectivity index (χ1v) is 6.19. The van der Waals surface area contributed by atoms with Gasteiger partial charge in [-0.3, -0.25) is 0 Å². The predicted molar refractivity (Wildman–Crippen MR) is 69.9 cm³/mol. The zero-order chi connectivity index (χ0) is 12.8. The van der Waals surface area contributed by atoms with Gasteiger partial charge in [0.25, 0.3) is 0 Å². The molecular weight excluding hydrogens is 212 g/mol. The van der Waals surface area contributed by atoms with Crippen LogP contribution in [0, 0.1) is 26.2 Å². The van der Waals surface area contributed by atoms with E-state index >= 15 is 0 Å². The van der Waals surface area contributed by atoms with Gasteiger partial charge in [-0.1, -0.05) is 20.8 Å². The summed E-state index contributed by atoms with van der Waals surface area (Å²) in [5.74, 6) is 1.89. The molecule has 0 bridgehead atoms. The normalized spacial score (nSPS) is 14.2. The molecule has 0 saturated carbocycles. The maximum Gasteiger partial charge on any atom is 0.231 e. The Morgan fingerprint density at radius 2 is 1.41 bits per heavy atom. The summed E-state index contributed by atoms with van der Waals surface area (Å²) in [5.41, 5.74) is 5.52. The Morgan fingerprint density at radius 3 is 1.94 bits per heavy atom. The molecule has 0 unspecified atom stereocenters. The van der Waals surface area contributed by atoms with Crippen molar-refractivity contribution in [1.82, 2.24) is 0 Å². The highest BCUT2D eigenvalue weighted by molar-refractivity contribution is 5.59. The highest BCUT2D eigenvalue weighted by atomic mass is 16.7. The van der Waals surface area contributed by atoms with Crippen LogP contribution in [0.2, 0.25) is 0 Å². The Hall–Kier alpha value is -1.18. The monoisotopic (exact) mass is 234 g/mol. The van der Waals surface area contributed by atoms with Crippen molar-refractivity contribution >= 4 is 0 Å². The van der Waals surface area contributed by atoms with Gasteiger partial charge in [0.15, 0.2) is 11.5 Å². The molecule has 0 atom stereocenters. The van der Waals surface area contributed by atoms with E-state index in [0.29, 0.717) is 6.79 Å². The quantitative estimate of drug-likeness (QED) is 0.733. The minimum absolute atomic E-state index is 0.287. The van der Waals surface area contributed by atoms with Crippen molar-refractivity contribution in [2.45, 2.75) is 48.0 Å². The van der Waals surface area contributed by atoms with Crippen molar-refractivity contribution in [3.63, 3.8) is 0 Å². The molecule has 1 aliphatic heterocycles. The zero-order valence-corrected chi connectivity index (χ0v) is 11.7. The first kappa shape index (κ1) is 12.3. The van der Waals surface area contributed by atoms with Gasteiger partial charge in [-0.15, -0.1) is 0 Å². The van der Waals surface area contributed by atoms with Gasteiger partial charge < -0.3 is 9.47 Å². The molecule has 17 heavy (non-hydrogen) atoms. The summed E-state index contributed by atoms with van der Waals surface area (Å²) in [6, 6.07) is 0. The molecule has 0 saturated heterocycles. The summed E-state index contributed by atoms with van der Waals surface area (Å²) < 4.78 is 11.2. The van der Waals surface area contributed by atoms with Gasteiger partial charge in [0, 0.05) is 0 Å². The third kappa shape index (κ3) is 2.13. The molecule has 0 amide bonds. The van der Waals surface area contributed by atoms with Crippen molar-refractivity contribution in [1.29, 1.82) is 0 Å². The maximum atomic E-state index is 5.60. The van der Waals surface area contributed by atoms with Gasteiger partial charge >= 0.3 is 0 Å². The van der Waals surface area contributed by atoms with Crippen LogP contribution in [0.1, 0.15) is 43.0 Å². The minimum Gasteiger partial charge on any atom is -0.453 e. The highest BCUT2D eigenvalue weighted by Crippen LogP contribution is 2.43. The Morgan fingerprint density at radius 1 is 0.882 bits per heavy atom. The van der Waals surface area contributed by atoms with Crippen molar-refractivity contribution in [2.75, 3.05) is 6.79 Å². The largest absolute Gasteiger partial charge is 0.453 e. The van der Waals surface area contributed by atoms with E-state index in [0.717, 1.165) is 17.9 Å². The topological polar surface area (TPSA) is 18.5 Å². The number of hydrogen-bond acceptors (Lipinski definition) is 2. The SMILES string of the molecule is Cc1c(C)c2c(c(C)c1CC(C)(C)C)OCO2. The lowest BCUT2D eigenvalue weighted by atomic mass is 9.83. The van der Waals surface area contributed by atoms with Gasteiger partial charge in [-0.2, -0.15) is 0 Å². The number of fused-ring (bicyclic) bond motifs is 1. The van der Waals surface area contributed by atoms with Crippen LogP contribution in [-0.4, -0.2) is 6.79 Å². The zero-order valence-electron chi connectivity index (χ0n) is 11.7. The second-order valence-electron chi connectivity index (χ2n) is 6.16. The average molecular weight is 234 g/mol. The summed E-state index contributed by atoms with van der Waals surface area (Å²) >= 11 is 0. The van der Waals surface area contributed by atoms with E-state index < -0.39 is 0 Å². The third-order valence-corrected chi connectivity index (χ3v) is 3.47. The van der Waals surface area contributed by atoms with Crippen LogP contribution in [0.4, 0.5) is 0 Å².